The average molecular weight is 310 g/mol. The Morgan fingerprint density at radius 2 is 1.48 bits per heavy atom. The third-order valence-electron chi connectivity index (χ3n) is 3.21. The molecule has 2 heterocycles. The number of thiophene rings is 1. The summed E-state index contributed by atoms with van der Waals surface area (Å²) in [7, 11) is 0. The summed E-state index contributed by atoms with van der Waals surface area (Å²) in [5.74, 6) is 0.298. The SMILES string of the molecule is Oc1c(-c2nnc(-c3ccccc3)s2)sc2ccccc12. The number of rotatable bonds is 2. The number of hydrogen-bond donors (Lipinski definition) is 1. The molecule has 21 heavy (non-hydrogen) atoms. The number of aromatic nitrogens is 2. The van der Waals surface area contributed by atoms with Crippen LogP contribution in [0.15, 0.2) is 54.6 Å². The lowest BCUT2D eigenvalue weighted by atomic mass is 10.2. The van der Waals surface area contributed by atoms with E-state index in [9.17, 15) is 5.11 Å². The molecule has 5 heteroatoms. The predicted molar refractivity (Wildman–Crippen MR) is 87.8 cm³/mol. The molecule has 0 aliphatic carbocycles. The molecule has 0 amide bonds. The van der Waals surface area contributed by atoms with Crippen molar-refractivity contribution >= 4 is 32.8 Å². The minimum Gasteiger partial charge on any atom is -0.506 e. The first-order valence-electron chi connectivity index (χ1n) is 6.43. The standard InChI is InChI=1S/C16H10N2OS2/c19-13-11-8-4-5-9-12(11)20-14(13)16-18-17-15(21-16)10-6-2-1-3-7-10/h1-9,19H. The van der Waals surface area contributed by atoms with E-state index in [4.69, 9.17) is 0 Å². The monoisotopic (exact) mass is 310 g/mol. The number of aromatic hydroxyl groups is 1. The zero-order valence-electron chi connectivity index (χ0n) is 10.9. The zero-order chi connectivity index (χ0) is 14.2. The van der Waals surface area contributed by atoms with Crippen LogP contribution in [-0.4, -0.2) is 15.3 Å². The lowest BCUT2D eigenvalue weighted by molar-refractivity contribution is 0.485. The third-order valence-corrected chi connectivity index (χ3v) is 5.50. The highest BCUT2D eigenvalue weighted by Crippen LogP contribution is 2.45. The topological polar surface area (TPSA) is 46.0 Å². The van der Waals surface area contributed by atoms with Crippen molar-refractivity contribution in [3.05, 3.63) is 54.6 Å². The Kier molecular flexibility index (Phi) is 2.94. The Hall–Kier alpha value is -2.24. The Balaban J connectivity index is 1.83. The van der Waals surface area contributed by atoms with Crippen molar-refractivity contribution in [2.75, 3.05) is 0 Å². The highest BCUT2D eigenvalue weighted by molar-refractivity contribution is 7.27. The fourth-order valence-electron chi connectivity index (χ4n) is 2.19. The molecule has 0 saturated heterocycles. The molecule has 0 aliphatic rings. The van der Waals surface area contributed by atoms with E-state index in [1.807, 2.05) is 54.6 Å². The minimum atomic E-state index is 0.298. The molecule has 1 N–H and O–H groups in total. The third kappa shape index (κ3) is 2.11. The summed E-state index contributed by atoms with van der Waals surface area (Å²) in [6.07, 6.45) is 0. The maximum absolute atomic E-state index is 10.4. The van der Waals surface area contributed by atoms with Crippen LogP contribution in [0.3, 0.4) is 0 Å². The number of fused-ring (bicyclic) bond motifs is 1. The summed E-state index contributed by atoms with van der Waals surface area (Å²) in [4.78, 5) is 0.788. The van der Waals surface area contributed by atoms with Crippen LogP contribution in [0, 0.1) is 0 Å². The number of benzene rings is 2. The Morgan fingerprint density at radius 1 is 0.762 bits per heavy atom. The second-order valence-electron chi connectivity index (χ2n) is 4.55. The molecule has 0 aliphatic heterocycles. The van der Waals surface area contributed by atoms with E-state index in [1.54, 1.807) is 11.3 Å². The van der Waals surface area contributed by atoms with Crippen molar-refractivity contribution in [2.24, 2.45) is 0 Å². The molecule has 0 unspecified atom stereocenters. The van der Waals surface area contributed by atoms with Gasteiger partial charge in [0.25, 0.3) is 0 Å². The van der Waals surface area contributed by atoms with Crippen LogP contribution in [0.4, 0.5) is 0 Å². The Bertz CT molecular complexity index is 912. The Labute approximate surface area is 129 Å². The second-order valence-corrected chi connectivity index (χ2v) is 6.58. The maximum Gasteiger partial charge on any atom is 0.161 e. The average Bonchev–Trinajstić information content (AvgIpc) is 3.14. The molecule has 102 valence electrons. The first-order chi connectivity index (χ1) is 10.3. The van der Waals surface area contributed by atoms with Crippen molar-refractivity contribution in [3.63, 3.8) is 0 Å². The molecule has 0 radical (unpaired) electrons. The molecule has 0 spiro atoms. The molecule has 0 fully saturated rings. The largest absolute Gasteiger partial charge is 0.506 e. The van der Waals surface area contributed by atoms with E-state index >= 15 is 0 Å². The summed E-state index contributed by atoms with van der Waals surface area (Å²) in [5.41, 5.74) is 1.04. The quantitative estimate of drug-likeness (QED) is 0.579. The van der Waals surface area contributed by atoms with Crippen LogP contribution in [0.2, 0.25) is 0 Å². The van der Waals surface area contributed by atoms with Gasteiger partial charge in [-0.15, -0.1) is 21.5 Å². The number of hydrogen-bond acceptors (Lipinski definition) is 5. The molecular formula is C16H10N2OS2. The van der Waals surface area contributed by atoms with Crippen molar-refractivity contribution in [2.45, 2.75) is 0 Å². The van der Waals surface area contributed by atoms with Crippen LogP contribution in [0.1, 0.15) is 0 Å². The molecule has 0 atom stereocenters. The van der Waals surface area contributed by atoms with Gasteiger partial charge in [0.05, 0.1) is 0 Å². The van der Waals surface area contributed by atoms with Gasteiger partial charge < -0.3 is 5.11 Å². The van der Waals surface area contributed by atoms with Crippen LogP contribution in [0.5, 0.6) is 5.75 Å². The highest BCUT2D eigenvalue weighted by Gasteiger charge is 2.17. The van der Waals surface area contributed by atoms with Gasteiger partial charge in [-0.1, -0.05) is 53.8 Å². The van der Waals surface area contributed by atoms with E-state index in [1.165, 1.54) is 11.3 Å². The van der Waals surface area contributed by atoms with Gasteiger partial charge >= 0.3 is 0 Å². The second kappa shape index (κ2) is 4.95. The summed E-state index contributed by atoms with van der Waals surface area (Å²) in [5, 5.41) is 21.3. The van der Waals surface area contributed by atoms with Crippen molar-refractivity contribution < 1.29 is 5.11 Å². The van der Waals surface area contributed by atoms with E-state index in [0.29, 0.717) is 5.75 Å². The zero-order valence-corrected chi connectivity index (χ0v) is 12.5. The molecule has 4 rings (SSSR count). The van der Waals surface area contributed by atoms with E-state index < -0.39 is 0 Å². The summed E-state index contributed by atoms with van der Waals surface area (Å²) >= 11 is 3.04. The van der Waals surface area contributed by atoms with Crippen molar-refractivity contribution in [1.29, 1.82) is 0 Å². The predicted octanol–water partition coefficient (Wildman–Crippen LogP) is 4.79. The summed E-state index contributed by atoms with van der Waals surface area (Å²) < 4.78 is 1.06. The summed E-state index contributed by atoms with van der Waals surface area (Å²) in [6.45, 7) is 0. The van der Waals surface area contributed by atoms with Gasteiger partial charge in [0.15, 0.2) is 5.01 Å². The lowest BCUT2D eigenvalue weighted by Crippen LogP contribution is -1.75. The first-order valence-corrected chi connectivity index (χ1v) is 8.06. The van der Waals surface area contributed by atoms with Crippen LogP contribution >= 0.6 is 22.7 Å². The van der Waals surface area contributed by atoms with Gasteiger partial charge in [-0.3, -0.25) is 0 Å². The molecule has 2 aromatic carbocycles. The first kappa shape index (κ1) is 12.5. The van der Waals surface area contributed by atoms with Crippen molar-refractivity contribution in [1.82, 2.24) is 10.2 Å². The van der Waals surface area contributed by atoms with Crippen LogP contribution in [0.25, 0.3) is 30.5 Å². The molecule has 4 aromatic rings. The Morgan fingerprint density at radius 3 is 2.29 bits per heavy atom. The van der Waals surface area contributed by atoms with E-state index in [0.717, 1.165) is 30.5 Å². The van der Waals surface area contributed by atoms with E-state index in [2.05, 4.69) is 10.2 Å². The number of nitrogens with zero attached hydrogens (tertiary/aromatic N) is 2. The lowest BCUT2D eigenvalue weighted by Gasteiger charge is -1.92. The van der Waals surface area contributed by atoms with Gasteiger partial charge in [-0.25, -0.2) is 0 Å². The molecule has 2 aromatic heterocycles. The molecule has 0 saturated carbocycles. The summed E-state index contributed by atoms with van der Waals surface area (Å²) in [6, 6.07) is 17.8. The van der Waals surface area contributed by atoms with Gasteiger partial charge in [0.2, 0.25) is 0 Å². The molecular weight excluding hydrogens is 300 g/mol. The van der Waals surface area contributed by atoms with Gasteiger partial charge in [-0.05, 0) is 12.1 Å². The van der Waals surface area contributed by atoms with Crippen LogP contribution in [-0.2, 0) is 0 Å². The fourth-order valence-corrected chi connectivity index (χ4v) is 4.20. The maximum atomic E-state index is 10.4. The van der Waals surface area contributed by atoms with Gasteiger partial charge in [-0.2, -0.15) is 0 Å². The van der Waals surface area contributed by atoms with Crippen LogP contribution < -0.4 is 0 Å². The highest BCUT2D eigenvalue weighted by atomic mass is 32.1. The van der Waals surface area contributed by atoms with Crippen molar-refractivity contribution in [3.8, 4) is 26.2 Å². The van der Waals surface area contributed by atoms with Gasteiger partial charge in [0.1, 0.15) is 15.6 Å². The van der Waals surface area contributed by atoms with E-state index in [-0.39, 0.29) is 0 Å². The fraction of sp³-hybridized carbons (Fsp3) is 0. The normalized spacial score (nSPS) is 11.0. The molecule has 3 nitrogen and oxygen atoms in total. The van der Waals surface area contributed by atoms with Gasteiger partial charge in [0, 0.05) is 15.6 Å². The minimum absolute atomic E-state index is 0.298. The smallest absolute Gasteiger partial charge is 0.161 e. The molecule has 0 bridgehead atoms.